The first kappa shape index (κ1) is 17.2. The molecule has 0 spiro atoms. The van der Waals surface area contributed by atoms with Crippen molar-refractivity contribution in [1.82, 2.24) is 0 Å². The van der Waals surface area contributed by atoms with Gasteiger partial charge in [0.05, 0.1) is 0 Å². The third-order valence-electron chi connectivity index (χ3n) is 5.75. The van der Waals surface area contributed by atoms with E-state index in [0.29, 0.717) is 5.92 Å². The Hall–Kier alpha value is -1.64. The minimum Gasteiger partial charge on any atom is -0.504 e. The monoisotopic (exact) mass is 330 g/mol. The number of fused-ring (bicyclic) bond motifs is 3. The van der Waals surface area contributed by atoms with Gasteiger partial charge in [0.25, 0.3) is 0 Å². The molecular formula is C21H30O3. The lowest BCUT2D eigenvalue weighted by Gasteiger charge is -2.46. The molecule has 0 saturated carbocycles. The van der Waals surface area contributed by atoms with E-state index in [2.05, 4.69) is 33.8 Å². The highest BCUT2D eigenvalue weighted by Gasteiger charge is 2.45. The summed E-state index contributed by atoms with van der Waals surface area (Å²) in [5.74, 6) is 1.26. The van der Waals surface area contributed by atoms with Gasteiger partial charge in [-0.25, -0.2) is 0 Å². The molecule has 2 aliphatic rings. The number of rotatable bonds is 4. The molecule has 3 nitrogen and oxygen atoms in total. The standard InChI is InChI=1S/C21H30O3/c1-5-6-7-8-14-12-17-18(20(23)19(14)22)15-11-13(2)9-10-16(15)21(3,4)24-17/h11-12,15-16,22-23H,5-10H2,1-4H3/t15-,16-/m1/s1. The lowest BCUT2D eigenvalue weighted by molar-refractivity contribution is 0.0105. The van der Waals surface area contributed by atoms with E-state index < -0.39 is 0 Å². The van der Waals surface area contributed by atoms with E-state index in [1.165, 1.54) is 5.57 Å². The zero-order valence-electron chi connectivity index (χ0n) is 15.4. The first-order chi connectivity index (χ1) is 11.3. The Morgan fingerprint density at radius 2 is 1.96 bits per heavy atom. The molecule has 1 aliphatic heterocycles. The van der Waals surface area contributed by atoms with Gasteiger partial charge in [-0.1, -0.05) is 31.4 Å². The van der Waals surface area contributed by atoms with Gasteiger partial charge in [0.2, 0.25) is 0 Å². The molecule has 0 unspecified atom stereocenters. The summed E-state index contributed by atoms with van der Waals surface area (Å²) in [5.41, 5.74) is 2.66. The van der Waals surface area contributed by atoms with Gasteiger partial charge >= 0.3 is 0 Å². The number of aryl methyl sites for hydroxylation is 1. The van der Waals surface area contributed by atoms with Gasteiger partial charge in [-0.2, -0.15) is 0 Å². The average molecular weight is 330 g/mol. The van der Waals surface area contributed by atoms with Crippen LogP contribution in [0, 0.1) is 5.92 Å². The molecule has 1 aromatic rings. The minimum absolute atomic E-state index is 0.0236. The van der Waals surface area contributed by atoms with Crippen LogP contribution in [0.4, 0.5) is 0 Å². The normalized spacial score (nSPS) is 24.6. The number of allylic oxidation sites excluding steroid dienone is 2. The number of ether oxygens (including phenoxy) is 1. The summed E-state index contributed by atoms with van der Waals surface area (Å²) in [6, 6.07) is 1.95. The van der Waals surface area contributed by atoms with Crippen LogP contribution in [0.3, 0.4) is 0 Å². The maximum absolute atomic E-state index is 10.7. The first-order valence-corrected chi connectivity index (χ1v) is 9.29. The third-order valence-corrected chi connectivity index (χ3v) is 5.75. The molecule has 0 bridgehead atoms. The second-order valence-electron chi connectivity index (χ2n) is 7.99. The van der Waals surface area contributed by atoms with E-state index in [-0.39, 0.29) is 23.0 Å². The van der Waals surface area contributed by atoms with Crippen LogP contribution in [-0.2, 0) is 6.42 Å². The van der Waals surface area contributed by atoms with Crippen molar-refractivity contribution in [2.75, 3.05) is 0 Å². The van der Waals surface area contributed by atoms with Crippen molar-refractivity contribution in [3.8, 4) is 17.2 Å². The Labute approximate surface area is 145 Å². The molecule has 132 valence electrons. The summed E-state index contributed by atoms with van der Waals surface area (Å²) in [5, 5.41) is 21.2. The Morgan fingerprint density at radius 1 is 1.21 bits per heavy atom. The van der Waals surface area contributed by atoms with Crippen LogP contribution in [0.25, 0.3) is 0 Å². The van der Waals surface area contributed by atoms with E-state index in [9.17, 15) is 10.2 Å². The summed E-state index contributed by atoms with van der Waals surface area (Å²) in [7, 11) is 0. The molecular weight excluding hydrogens is 300 g/mol. The predicted molar refractivity (Wildman–Crippen MR) is 96.9 cm³/mol. The molecule has 3 heteroatoms. The molecule has 1 aliphatic carbocycles. The van der Waals surface area contributed by atoms with Gasteiger partial charge in [-0.3, -0.25) is 0 Å². The maximum atomic E-state index is 10.7. The number of hydrogen-bond donors (Lipinski definition) is 2. The van der Waals surface area contributed by atoms with Crippen molar-refractivity contribution in [1.29, 1.82) is 0 Å². The minimum atomic E-state index is -0.265. The van der Waals surface area contributed by atoms with Crippen LogP contribution in [0.1, 0.15) is 76.8 Å². The maximum Gasteiger partial charge on any atom is 0.165 e. The highest BCUT2D eigenvalue weighted by atomic mass is 16.5. The van der Waals surface area contributed by atoms with Crippen LogP contribution in [0.5, 0.6) is 17.2 Å². The van der Waals surface area contributed by atoms with E-state index in [1.54, 1.807) is 0 Å². The molecule has 0 aromatic heterocycles. The second-order valence-corrected chi connectivity index (χ2v) is 7.99. The fraction of sp³-hybridized carbons (Fsp3) is 0.619. The second kappa shape index (κ2) is 6.34. The zero-order valence-corrected chi connectivity index (χ0v) is 15.4. The van der Waals surface area contributed by atoms with Gasteiger partial charge in [-0.15, -0.1) is 0 Å². The number of hydrogen-bond acceptors (Lipinski definition) is 3. The summed E-state index contributed by atoms with van der Waals surface area (Å²) in [4.78, 5) is 0. The van der Waals surface area contributed by atoms with Gasteiger partial charge < -0.3 is 14.9 Å². The van der Waals surface area contributed by atoms with Crippen LogP contribution in [0.15, 0.2) is 17.7 Å². The molecule has 24 heavy (non-hydrogen) atoms. The van der Waals surface area contributed by atoms with Crippen LogP contribution < -0.4 is 4.74 Å². The highest BCUT2D eigenvalue weighted by molar-refractivity contribution is 5.61. The van der Waals surface area contributed by atoms with Crippen LogP contribution >= 0.6 is 0 Å². The molecule has 1 heterocycles. The number of unbranched alkanes of at least 4 members (excludes halogenated alkanes) is 2. The fourth-order valence-corrected chi connectivity index (χ4v) is 4.36. The van der Waals surface area contributed by atoms with Crippen molar-refractivity contribution in [3.63, 3.8) is 0 Å². The van der Waals surface area contributed by atoms with Crippen molar-refractivity contribution in [2.24, 2.45) is 5.92 Å². The average Bonchev–Trinajstić information content (AvgIpc) is 2.51. The number of phenolic OH excluding ortho intramolecular Hbond substituents is 2. The summed E-state index contributed by atoms with van der Waals surface area (Å²) >= 11 is 0. The molecule has 0 fully saturated rings. The number of benzene rings is 1. The molecule has 2 N–H and O–H groups in total. The lowest BCUT2D eigenvalue weighted by atomic mass is 9.68. The molecule has 0 radical (unpaired) electrons. The Kier molecular flexibility index (Phi) is 4.54. The van der Waals surface area contributed by atoms with E-state index in [0.717, 1.165) is 55.4 Å². The summed E-state index contributed by atoms with van der Waals surface area (Å²) < 4.78 is 6.31. The van der Waals surface area contributed by atoms with Gasteiger partial charge in [0.15, 0.2) is 11.5 Å². The zero-order chi connectivity index (χ0) is 17.5. The lowest BCUT2D eigenvalue weighted by Crippen LogP contribution is -2.45. The molecule has 0 amide bonds. The molecule has 2 atom stereocenters. The van der Waals surface area contributed by atoms with Gasteiger partial charge in [-0.05, 0) is 52.5 Å². The van der Waals surface area contributed by atoms with Crippen molar-refractivity contribution in [2.45, 2.75) is 77.7 Å². The number of aromatic hydroxyl groups is 2. The Balaban J connectivity index is 2.06. The smallest absolute Gasteiger partial charge is 0.165 e. The summed E-state index contributed by atoms with van der Waals surface area (Å²) in [6.07, 6.45) is 8.42. The molecule has 0 saturated heterocycles. The predicted octanol–water partition coefficient (Wildman–Crippen LogP) is 5.44. The van der Waals surface area contributed by atoms with Crippen molar-refractivity contribution < 1.29 is 14.9 Å². The SMILES string of the molecule is CCCCCc1cc2c(c(O)c1O)[C@@H]1C=C(C)CC[C@H]1C(C)(C)O2. The van der Waals surface area contributed by atoms with E-state index in [1.807, 2.05) is 6.07 Å². The quantitative estimate of drug-likeness (QED) is 0.439. The summed E-state index contributed by atoms with van der Waals surface area (Å²) in [6.45, 7) is 8.59. The largest absolute Gasteiger partial charge is 0.504 e. The van der Waals surface area contributed by atoms with Crippen molar-refractivity contribution >= 4 is 0 Å². The van der Waals surface area contributed by atoms with Crippen LogP contribution in [-0.4, -0.2) is 15.8 Å². The third kappa shape index (κ3) is 2.89. The highest BCUT2D eigenvalue weighted by Crippen LogP contribution is 2.55. The van der Waals surface area contributed by atoms with E-state index >= 15 is 0 Å². The topological polar surface area (TPSA) is 49.7 Å². The first-order valence-electron chi connectivity index (χ1n) is 9.29. The van der Waals surface area contributed by atoms with Gasteiger partial charge in [0.1, 0.15) is 11.4 Å². The van der Waals surface area contributed by atoms with Crippen molar-refractivity contribution in [3.05, 3.63) is 28.8 Å². The Morgan fingerprint density at radius 3 is 2.67 bits per heavy atom. The number of phenols is 2. The Bertz CT molecular complexity index is 658. The van der Waals surface area contributed by atoms with Gasteiger partial charge in [0, 0.05) is 23.0 Å². The fourth-order valence-electron chi connectivity index (χ4n) is 4.36. The van der Waals surface area contributed by atoms with Crippen LogP contribution in [0.2, 0.25) is 0 Å². The molecule has 1 aromatic carbocycles. The molecule has 3 rings (SSSR count). The van der Waals surface area contributed by atoms with E-state index in [4.69, 9.17) is 4.74 Å².